The van der Waals surface area contributed by atoms with Crippen molar-refractivity contribution in [3.05, 3.63) is 113 Å². The first-order valence-electron chi connectivity index (χ1n) is 14.0. The lowest BCUT2D eigenvalue weighted by molar-refractivity contribution is -0.363. The van der Waals surface area contributed by atoms with E-state index in [2.05, 4.69) is 4.90 Å². The number of allylic oxidation sites excluding steroid dienone is 3. The molecule has 0 saturated heterocycles. The third kappa shape index (κ3) is 4.08. The average molecular weight is 565 g/mol. The van der Waals surface area contributed by atoms with Crippen molar-refractivity contribution < 1.29 is 22.6 Å². The standard InChI is InChI=1S/C34H34BF2N3O2/c1-21-20-22(2)39-33(21)24(4)34-23(3)32(25(5)40(34)35(39,36)37)26-8-10-27(11-9-26)38(28-12-16-30(41-6)17-13-28)29-14-18-31(42-7)19-15-29/h8-20H,1-7H3. The molecule has 6 rings (SSSR count). The fourth-order valence-corrected chi connectivity index (χ4v) is 6.74. The van der Waals surface area contributed by atoms with Crippen LogP contribution in [0.5, 0.6) is 11.5 Å². The molecule has 2 aliphatic rings. The third-order valence-electron chi connectivity index (χ3n) is 8.52. The molecule has 0 aliphatic carbocycles. The van der Waals surface area contributed by atoms with Gasteiger partial charge in [0.15, 0.2) is 5.70 Å². The molecule has 0 spiro atoms. The lowest BCUT2D eigenvalue weighted by Crippen LogP contribution is -2.51. The van der Waals surface area contributed by atoms with Gasteiger partial charge in [-0.2, -0.15) is 0 Å². The van der Waals surface area contributed by atoms with Crippen LogP contribution in [0.4, 0.5) is 25.7 Å². The molecular weight excluding hydrogens is 531 g/mol. The highest BCUT2D eigenvalue weighted by molar-refractivity contribution is 6.59. The second kappa shape index (κ2) is 10.0. The number of aromatic nitrogens is 1. The summed E-state index contributed by atoms with van der Waals surface area (Å²) in [6.07, 6.45) is 0. The molecule has 0 saturated carbocycles. The van der Waals surface area contributed by atoms with Gasteiger partial charge in [-0.3, -0.25) is 0 Å². The topological polar surface area (TPSA) is 29.6 Å². The summed E-state index contributed by atoms with van der Waals surface area (Å²) >= 11 is 0. The molecule has 0 bridgehead atoms. The van der Waals surface area contributed by atoms with Crippen LogP contribution in [0.1, 0.15) is 43.3 Å². The van der Waals surface area contributed by atoms with E-state index < -0.39 is 6.97 Å². The van der Waals surface area contributed by atoms with Crippen LogP contribution < -0.4 is 14.4 Å². The SMILES string of the molecule is COc1ccc(N(c2ccc(OC)cc2)c2ccc(C3=C(C)C4=C(C)c5c(C)cc(C)n5[B-](F)(F)[N+]4=C3C)cc2)cc1. The molecule has 8 heteroatoms. The van der Waals surface area contributed by atoms with Crippen molar-refractivity contribution in [3.8, 4) is 11.5 Å². The molecule has 0 unspecified atom stereocenters. The van der Waals surface area contributed by atoms with Gasteiger partial charge < -0.3 is 32.0 Å². The van der Waals surface area contributed by atoms with E-state index in [1.165, 1.54) is 8.96 Å². The molecule has 3 heterocycles. The van der Waals surface area contributed by atoms with Crippen LogP contribution in [0.3, 0.4) is 0 Å². The fraction of sp³-hybridized carbons (Fsp3) is 0.206. The molecule has 2 aliphatic heterocycles. The maximum Gasteiger partial charge on any atom is 0.737 e. The van der Waals surface area contributed by atoms with Gasteiger partial charge >= 0.3 is 6.97 Å². The van der Waals surface area contributed by atoms with E-state index in [1.807, 2.05) is 99.6 Å². The maximum atomic E-state index is 16.2. The Kier molecular flexibility index (Phi) is 6.60. The molecule has 0 atom stereocenters. The van der Waals surface area contributed by atoms with Crippen molar-refractivity contribution in [3.63, 3.8) is 0 Å². The van der Waals surface area contributed by atoms with Crippen LogP contribution in [-0.4, -0.2) is 35.9 Å². The summed E-state index contributed by atoms with van der Waals surface area (Å²) < 4.78 is 45.7. The van der Waals surface area contributed by atoms with E-state index in [0.29, 0.717) is 22.8 Å². The Bertz CT molecular complexity index is 1750. The molecule has 0 radical (unpaired) electrons. The van der Waals surface area contributed by atoms with Crippen LogP contribution in [-0.2, 0) is 0 Å². The maximum absolute atomic E-state index is 16.2. The van der Waals surface area contributed by atoms with Gasteiger partial charge in [0.2, 0.25) is 0 Å². The van der Waals surface area contributed by atoms with E-state index in [-0.39, 0.29) is 0 Å². The molecular formula is C34H34BF2N3O2. The van der Waals surface area contributed by atoms with Crippen molar-refractivity contribution in [2.75, 3.05) is 19.1 Å². The summed E-state index contributed by atoms with van der Waals surface area (Å²) in [6.45, 7) is 5.35. The first-order chi connectivity index (χ1) is 20.1. The highest BCUT2D eigenvalue weighted by atomic mass is 19.2. The number of nitrogens with zero attached hydrogens (tertiary/aromatic N) is 3. The normalized spacial score (nSPS) is 15.6. The zero-order chi connectivity index (χ0) is 29.9. The smallest absolute Gasteiger partial charge is 0.497 e. The van der Waals surface area contributed by atoms with Crippen molar-refractivity contribution in [2.24, 2.45) is 0 Å². The monoisotopic (exact) mass is 565 g/mol. The van der Waals surface area contributed by atoms with Gasteiger partial charge in [0.25, 0.3) is 0 Å². The van der Waals surface area contributed by atoms with Gasteiger partial charge in [-0.05, 0) is 111 Å². The molecule has 0 amide bonds. The minimum absolute atomic E-state index is 0.568. The van der Waals surface area contributed by atoms with Crippen LogP contribution in [0.15, 0.2) is 90.1 Å². The molecule has 1 aromatic heterocycles. The largest absolute Gasteiger partial charge is 0.737 e. The van der Waals surface area contributed by atoms with E-state index in [0.717, 1.165) is 56.4 Å². The van der Waals surface area contributed by atoms with Crippen molar-refractivity contribution in [1.29, 1.82) is 0 Å². The third-order valence-corrected chi connectivity index (χ3v) is 8.52. The van der Waals surface area contributed by atoms with Crippen molar-refractivity contribution in [2.45, 2.75) is 34.6 Å². The number of rotatable bonds is 6. The van der Waals surface area contributed by atoms with Gasteiger partial charge in [0.1, 0.15) is 17.2 Å². The van der Waals surface area contributed by atoms with Gasteiger partial charge in [-0.15, -0.1) is 0 Å². The average Bonchev–Trinajstić information content (AvgIpc) is 3.45. The van der Waals surface area contributed by atoms with Gasteiger partial charge in [0.05, 0.1) is 19.8 Å². The van der Waals surface area contributed by atoms with Crippen LogP contribution in [0, 0.1) is 13.8 Å². The quantitative estimate of drug-likeness (QED) is 0.220. The Morgan fingerprint density at radius 2 is 1.17 bits per heavy atom. The van der Waals surface area contributed by atoms with Crippen LogP contribution >= 0.6 is 0 Å². The van der Waals surface area contributed by atoms with E-state index in [1.54, 1.807) is 28.1 Å². The number of hydrogen-bond donors (Lipinski definition) is 0. The number of hydrogen-bond acceptors (Lipinski definition) is 3. The summed E-state index contributed by atoms with van der Waals surface area (Å²) in [5.41, 5.74) is 9.60. The number of halogens is 2. The minimum atomic E-state index is -4.03. The highest BCUT2D eigenvalue weighted by Crippen LogP contribution is 2.45. The number of ether oxygens (including phenoxy) is 2. The summed E-state index contributed by atoms with van der Waals surface area (Å²) in [4.78, 5) is 2.14. The van der Waals surface area contributed by atoms with Crippen molar-refractivity contribution in [1.82, 2.24) is 4.48 Å². The Morgan fingerprint density at radius 1 is 0.690 bits per heavy atom. The van der Waals surface area contributed by atoms with Crippen LogP contribution in [0.25, 0.3) is 11.1 Å². The first-order valence-corrected chi connectivity index (χ1v) is 14.0. The lowest BCUT2D eigenvalue weighted by Gasteiger charge is -2.32. The van der Waals surface area contributed by atoms with Crippen molar-refractivity contribution >= 4 is 40.9 Å². The fourth-order valence-electron chi connectivity index (χ4n) is 6.74. The number of methoxy groups -OCH3 is 2. The lowest BCUT2D eigenvalue weighted by atomic mass is 9.86. The Balaban J connectivity index is 1.45. The Morgan fingerprint density at radius 3 is 1.64 bits per heavy atom. The predicted octanol–water partition coefficient (Wildman–Crippen LogP) is 8.52. The molecule has 0 N–H and O–H groups in total. The molecule has 214 valence electrons. The van der Waals surface area contributed by atoms with Gasteiger partial charge in [-0.1, -0.05) is 12.1 Å². The molecule has 3 aromatic carbocycles. The number of anilines is 3. The summed E-state index contributed by atoms with van der Waals surface area (Å²) in [6, 6.07) is 25.7. The zero-order valence-electron chi connectivity index (χ0n) is 25.0. The molecule has 5 nitrogen and oxygen atoms in total. The second-order valence-electron chi connectivity index (χ2n) is 11.0. The van der Waals surface area contributed by atoms with E-state index >= 15 is 8.63 Å². The van der Waals surface area contributed by atoms with Gasteiger partial charge in [0, 0.05) is 40.8 Å². The summed E-state index contributed by atoms with van der Waals surface area (Å²) in [5.74, 6) is 1.55. The Labute approximate surface area is 245 Å². The van der Waals surface area contributed by atoms with Crippen LogP contribution in [0.2, 0.25) is 0 Å². The summed E-state index contributed by atoms with van der Waals surface area (Å²) in [5, 5.41) is 0. The number of aryl methyl sites for hydroxylation is 2. The summed E-state index contributed by atoms with van der Waals surface area (Å²) in [7, 11) is 3.29. The number of fused-ring (bicyclic) bond motifs is 2. The molecule has 4 aromatic rings. The van der Waals surface area contributed by atoms with Gasteiger partial charge in [-0.25, -0.2) is 0 Å². The Hall–Kier alpha value is -4.59. The minimum Gasteiger partial charge on any atom is -0.497 e. The second-order valence-corrected chi connectivity index (χ2v) is 11.0. The number of benzene rings is 3. The predicted molar refractivity (Wildman–Crippen MR) is 168 cm³/mol. The zero-order valence-corrected chi connectivity index (χ0v) is 25.0. The highest BCUT2D eigenvalue weighted by Gasteiger charge is 2.55. The molecule has 0 fully saturated rings. The van der Waals surface area contributed by atoms with E-state index in [4.69, 9.17) is 9.47 Å². The first kappa shape index (κ1) is 27.6. The molecule has 42 heavy (non-hydrogen) atoms. The van der Waals surface area contributed by atoms with E-state index in [9.17, 15) is 0 Å².